The third-order valence-electron chi connectivity index (χ3n) is 4.35. The van der Waals surface area contributed by atoms with Gasteiger partial charge in [-0.2, -0.15) is 0 Å². The summed E-state index contributed by atoms with van der Waals surface area (Å²) in [5.74, 6) is -1.06. The maximum Gasteiger partial charge on any atom is 0.326 e. The summed E-state index contributed by atoms with van der Waals surface area (Å²) < 4.78 is 0. The predicted molar refractivity (Wildman–Crippen MR) is 79.6 cm³/mol. The molecule has 1 fully saturated rings. The van der Waals surface area contributed by atoms with Gasteiger partial charge in [-0.05, 0) is 43.7 Å². The summed E-state index contributed by atoms with van der Waals surface area (Å²) in [6, 6.07) is 5.03. The topological polar surface area (TPSA) is 69.6 Å². The van der Waals surface area contributed by atoms with Gasteiger partial charge in [0.15, 0.2) is 0 Å². The fourth-order valence-corrected chi connectivity index (χ4v) is 3.27. The molecule has 1 atom stereocenters. The number of nitrogens with one attached hydrogen (secondary N) is 1. The number of rotatable bonds is 2. The van der Waals surface area contributed by atoms with Crippen molar-refractivity contribution in [3.8, 4) is 0 Å². The highest BCUT2D eigenvalue weighted by Crippen LogP contribution is 2.29. The molecule has 0 unspecified atom stereocenters. The number of benzene rings is 1. The maximum absolute atomic E-state index is 12.8. The number of nitrogens with zero attached hydrogens (tertiary/aromatic N) is 1. The minimum absolute atomic E-state index is 0.159. The van der Waals surface area contributed by atoms with Crippen molar-refractivity contribution in [2.24, 2.45) is 0 Å². The average Bonchev–Trinajstić information content (AvgIpc) is 2.53. The van der Waals surface area contributed by atoms with Crippen molar-refractivity contribution in [2.45, 2.75) is 38.1 Å². The van der Waals surface area contributed by atoms with Crippen LogP contribution in [0.25, 0.3) is 0 Å². The van der Waals surface area contributed by atoms with E-state index in [2.05, 4.69) is 5.32 Å². The van der Waals surface area contributed by atoms with Crippen LogP contribution < -0.4 is 5.32 Å². The molecule has 0 aliphatic carbocycles. The van der Waals surface area contributed by atoms with Gasteiger partial charge in [0.2, 0.25) is 0 Å². The van der Waals surface area contributed by atoms with Gasteiger partial charge in [-0.25, -0.2) is 4.79 Å². The maximum atomic E-state index is 12.8. The lowest BCUT2D eigenvalue weighted by atomic mass is 9.96. The Bertz CT molecular complexity index is 571. The highest BCUT2D eigenvalue weighted by molar-refractivity contribution is 6.02. The Morgan fingerprint density at radius 2 is 2.10 bits per heavy atom. The second-order valence-electron chi connectivity index (χ2n) is 5.72. The minimum atomic E-state index is -0.902. The third-order valence-corrected chi connectivity index (χ3v) is 4.35. The molecule has 3 rings (SSSR count). The minimum Gasteiger partial charge on any atom is -0.480 e. The van der Waals surface area contributed by atoms with Crippen molar-refractivity contribution in [2.75, 3.05) is 18.4 Å². The summed E-state index contributed by atoms with van der Waals surface area (Å²) in [4.78, 5) is 25.7. The molecule has 2 aliphatic rings. The number of carbonyl (C=O) groups is 2. The number of carbonyl (C=O) groups excluding carboxylic acids is 1. The molecule has 1 aromatic rings. The largest absolute Gasteiger partial charge is 0.480 e. The van der Waals surface area contributed by atoms with Gasteiger partial charge < -0.3 is 15.3 Å². The summed E-state index contributed by atoms with van der Waals surface area (Å²) in [6.45, 7) is 1.39. The van der Waals surface area contributed by atoms with Gasteiger partial charge in [-0.15, -0.1) is 0 Å². The average molecular weight is 288 g/mol. The quantitative estimate of drug-likeness (QED) is 0.874. The fourth-order valence-electron chi connectivity index (χ4n) is 3.27. The molecule has 1 aromatic carbocycles. The number of hydrogen-bond acceptors (Lipinski definition) is 3. The molecule has 1 saturated heterocycles. The first-order chi connectivity index (χ1) is 10.2. The number of hydrogen-bond donors (Lipinski definition) is 2. The van der Waals surface area contributed by atoms with Crippen molar-refractivity contribution in [3.05, 3.63) is 29.3 Å². The molecule has 2 N–H and O–H groups in total. The van der Waals surface area contributed by atoms with Gasteiger partial charge in [0.05, 0.1) is 11.3 Å². The van der Waals surface area contributed by atoms with E-state index in [4.69, 9.17) is 0 Å². The van der Waals surface area contributed by atoms with Crippen LogP contribution in [0.2, 0.25) is 0 Å². The van der Waals surface area contributed by atoms with Gasteiger partial charge in [-0.3, -0.25) is 4.79 Å². The molecule has 2 aliphatic heterocycles. The van der Waals surface area contributed by atoms with E-state index in [1.165, 1.54) is 4.90 Å². The zero-order chi connectivity index (χ0) is 14.8. The van der Waals surface area contributed by atoms with Crippen LogP contribution >= 0.6 is 0 Å². The number of anilines is 1. The predicted octanol–water partition coefficient (Wildman–Crippen LogP) is 2.12. The number of aryl methyl sites for hydroxylation is 1. The van der Waals surface area contributed by atoms with Crippen LogP contribution in [-0.4, -0.2) is 41.0 Å². The van der Waals surface area contributed by atoms with E-state index >= 15 is 0 Å². The summed E-state index contributed by atoms with van der Waals surface area (Å²) in [7, 11) is 0. The number of carboxylic acids is 1. The van der Waals surface area contributed by atoms with Gasteiger partial charge >= 0.3 is 5.97 Å². The van der Waals surface area contributed by atoms with Crippen LogP contribution in [0.4, 0.5) is 5.69 Å². The van der Waals surface area contributed by atoms with Crippen LogP contribution in [0.3, 0.4) is 0 Å². The van der Waals surface area contributed by atoms with Crippen molar-refractivity contribution >= 4 is 17.6 Å². The lowest BCUT2D eigenvalue weighted by Crippen LogP contribution is -2.48. The van der Waals surface area contributed by atoms with E-state index in [-0.39, 0.29) is 5.91 Å². The summed E-state index contributed by atoms with van der Waals surface area (Å²) >= 11 is 0. The first-order valence-corrected chi connectivity index (χ1v) is 7.58. The molecule has 0 radical (unpaired) electrons. The van der Waals surface area contributed by atoms with Crippen LogP contribution in [0.15, 0.2) is 18.2 Å². The highest BCUT2D eigenvalue weighted by Gasteiger charge is 2.33. The number of fused-ring (bicyclic) bond motifs is 1. The van der Waals surface area contributed by atoms with Crippen LogP contribution in [0, 0.1) is 0 Å². The number of para-hydroxylation sites is 1. The number of likely N-dealkylation sites (tertiary alicyclic amines) is 1. The van der Waals surface area contributed by atoms with E-state index in [0.717, 1.165) is 43.5 Å². The number of aliphatic carboxylic acids is 1. The van der Waals surface area contributed by atoms with E-state index in [1.807, 2.05) is 12.1 Å². The third kappa shape index (κ3) is 2.60. The first-order valence-electron chi connectivity index (χ1n) is 7.58. The monoisotopic (exact) mass is 288 g/mol. The van der Waals surface area contributed by atoms with E-state index in [9.17, 15) is 14.7 Å². The zero-order valence-electron chi connectivity index (χ0n) is 12.0. The van der Waals surface area contributed by atoms with E-state index in [1.54, 1.807) is 6.07 Å². The summed E-state index contributed by atoms with van der Waals surface area (Å²) in [5, 5.41) is 12.6. The molecule has 0 bridgehead atoms. The van der Waals surface area contributed by atoms with Crippen LogP contribution in [-0.2, 0) is 11.2 Å². The normalized spacial score (nSPS) is 21.3. The van der Waals surface area contributed by atoms with Gasteiger partial charge in [0.25, 0.3) is 5.91 Å². The second-order valence-corrected chi connectivity index (χ2v) is 5.72. The van der Waals surface area contributed by atoms with Gasteiger partial charge in [0.1, 0.15) is 6.04 Å². The first kappa shape index (κ1) is 13.9. The Balaban J connectivity index is 1.92. The second kappa shape index (κ2) is 5.76. The number of carboxylic acid groups (broad SMARTS) is 1. The molecule has 5 heteroatoms. The molecule has 21 heavy (non-hydrogen) atoms. The number of piperidine rings is 1. The fraction of sp³-hybridized carbons (Fsp3) is 0.500. The summed E-state index contributed by atoms with van der Waals surface area (Å²) in [6.07, 6.45) is 4.31. The van der Waals surface area contributed by atoms with Crippen molar-refractivity contribution < 1.29 is 14.7 Å². The summed E-state index contributed by atoms with van der Waals surface area (Å²) in [5.41, 5.74) is 2.65. The molecule has 0 aromatic heterocycles. The molecule has 5 nitrogen and oxygen atoms in total. The molecule has 1 amide bonds. The Morgan fingerprint density at radius 1 is 1.24 bits per heavy atom. The Hall–Kier alpha value is -2.04. The lowest BCUT2D eigenvalue weighted by molar-refractivity contribution is -0.143. The lowest BCUT2D eigenvalue weighted by Gasteiger charge is -2.34. The van der Waals surface area contributed by atoms with Gasteiger partial charge in [0, 0.05) is 13.1 Å². The van der Waals surface area contributed by atoms with E-state index in [0.29, 0.717) is 18.5 Å². The van der Waals surface area contributed by atoms with Crippen molar-refractivity contribution in [3.63, 3.8) is 0 Å². The Labute approximate surface area is 123 Å². The van der Waals surface area contributed by atoms with E-state index < -0.39 is 12.0 Å². The molecule has 0 saturated carbocycles. The van der Waals surface area contributed by atoms with Crippen LogP contribution in [0.5, 0.6) is 0 Å². The van der Waals surface area contributed by atoms with Crippen molar-refractivity contribution in [1.29, 1.82) is 0 Å². The molecule has 2 heterocycles. The standard InChI is InChI=1S/C16H20N2O3/c19-15(18-10-2-1-8-13(18)16(20)21)12-7-3-5-11-6-4-9-17-14(11)12/h3,5,7,13,17H,1-2,4,6,8-10H2,(H,20,21)/t13-/m1/s1. The molecule has 0 spiro atoms. The zero-order valence-corrected chi connectivity index (χ0v) is 12.0. The van der Waals surface area contributed by atoms with Crippen LogP contribution in [0.1, 0.15) is 41.6 Å². The smallest absolute Gasteiger partial charge is 0.326 e. The highest BCUT2D eigenvalue weighted by atomic mass is 16.4. The van der Waals surface area contributed by atoms with Gasteiger partial charge in [-0.1, -0.05) is 12.1 Å². The molecular weight excluding hydrogens is 268 g/mol. The Kier molecular flexibility index (Phi) is 3.82. The number of amides is 1. The molecule has 112 valence electrons. The molecular formula is C16H20N2O3. The van der Waals surface area contributed by atoms with Crippen molar-refractivity contribution in [1.82, 2.24) is 4.90 Å². The Morgan fingerprint density at radius 3 is 2.90 bits per heavy atom. The SMILES string of the molecule is O=C(O)[C@H]1CCCCN1C(=O)c1cccc2c1NCCC2.